The molecule has 0 amide bonds. The highest BCUT2D eigenvalue weighted by Gasteiger charge is 2.07. The normalized spacial score (nSPS) is 11.0. The number of imidazole rings is 1. The number of nitrogens with zero attached hydrogens (tertiary/aromatic N) is 6. The third-order valence-electron chi connectivity index (χ3n) is 2.72. The van der Waals surface area contributed by atoms with E-state index >= 15 is 0 Å². The molecule has 3 aromatic heterocycles. The van der Waals surface area contributed by atoms with Crippen molar-refractivity contribution >= 4 is 11.5 Å². The maximum Gasteiger partial charge on any atom is 0.221 e. The van der Waals surface area contributed by atoms with Gasteiger partial charge in [-0.15, -0.1) is 5.10 Å². The van der Waals surface area contributed by atoms with Crippen molar-refractivity contribution in [3.05, 3.63) is 29.6 Å². The number of fused-ring (bicyclic) bond motifs is 1. The topological polar surface area (TPSA) is 96.7 Å². The van der Waals surface area contributed by atoms with Gasteiger partial charge in [0.05, 0.1) is 18.4 Å². The highest BCUT2D eigenvalue weighted by molar-refractivity contribution is 5.60. The lowest BCUT2D eigenvalue weighted by molar-refractivity contribution is 0.820. The van der Waals surface area contributed by atoms with Crippen molar-refractivity contribution in [3.8, 4) is 0 Å². The molecule has 8 heteroatoms. The fourth-order valence-electron chi connectivity index (χ4n) is 1.68. The van der Waals surface area contributed by atoms with Crippen LogP contribution < -0.4 is 5.32 Å². The molecule has 0 unspecified atom stereocenters. The number of aryl methyl sites for hydroxylation is 2. The fourth-order valence-corrected chi connectivity index (χ4v) is 1.68. The molecule has 0 aliphatic heterocycles. The Morgan fingerprint density at radius 1 is 1.39 bits per heavy atom. The Morgan fingerprint density at radius 2 is 2.28 bits per heavy atom. The summed E-state index contributed by atoms with van der Waals surface area (Å²) < 4.78 is 1.56. The lowest BCUT2D eigenvalue weighted by atomic mass is 10.4. The minimum absolute atomic E-state index is 0.550. The van der Waals surface area contributed by atoms with Gasteiger partial charge >= 0.3 is 0 Å². The van der Waals surface area contributed by atoms with Crippen molar-refractivity contribution in [3.63, 3.8) is 0 Å². The summed E-state index contributed by atoms with van der Waals surface area (Å²) in [6, 6.07) is 0. The molecular formula is C10H12N8. The number of anilines is 1. The standard InChI is InChI=1S/C10H12N8/c1-6-7(2)14-8(13-6)5-12-9-10-15-16-17-18(10)4-3-11-9/h3-4H,5H2,1-2H3,(H,11,12)(H,13,14). The molecule has 0 fully saturated rings. The molecular weight excluding hydrogens is 232 g/mol. The summed E-state index contributed by atoms with van der Waals surface area (Å²) in [6.07, 6.45) is 3.34. The molecule has 0 aliphatic carbocycles. The van der Waals surface area contributed by atoms with E-state index in [1.807, 2.05) is 13.8 Å². The van der Waals surface area contributed by atoms with Crippen LogP contribution in [0.1, 0.15) is 17.2 Å². The van der Waals surface area contributed by atoms with Crippen molar-refractivity contribution in [2.45, 2.75) is 20.4 Å². The average molecular weight is 244 g/mol. The zero-order chi connectivity index (χ0) is 12.5. The van der Waals surface area contributed by atoms with Crippen LogP contribution in [-0.2, 0) is 6.54 Å². The van der Waals surface area contributed by atoms with E-state index in [0.717, 1.165) is 17.2 Å². The number of hydrogen-bond donors (Lipinski definition) is 2. The molecule has 3 rings (SSSR count). The molecule has 18 heavy (non-hydrogen) atoms. The molecule has 0 aromatic carbocycles. The lowest BCUT2D eigenvalue weighted by Crippen LogP contribution is -2.05. The first kappa shape index (κ1) is 10.6. The second-order valence-electron chi connectivity index (χ2n) is 3.97. The minimum Gasteiger partial charge on any atom is -0.360 e. The van der Waals surface area contributed by atoms with Gasteiger partial charge in [-0.2, -0.15) is 4.52 Å². The molecule has 0 bridgehead atoms. The molecule has 92 valence electrons. The van der Waals surface area contributed by atoms with Crippen LogP contribution >= 0.6 is 0 Å². The molecule has 3 heterocycles. The first-order chi connectivity index (χ1) is 8.74. The molecule has 0 radical (unpaired) electrons. The highest BCUT2D eigenvalue weighted by atomic mass is 15.5. The second kappa shape index (κ2) is 4.06. The van der Waals surface area contributed by atoms with Crippen molar-refractivity contribution < 1.29 is 0 Å². The van der Waals surface area contributed by atoms with E-state index in [2.05, 4.69) is 35.8 Å². The van der Waals surface area contributed by atoms with Crippen LogP contribution in [-0.4, -0.2) is 35.0 Å². The zero-order valence-corrected chi connectivity index (χ0v) is 10.0. The van der Waals surface area contributed by atoms with E-state index in [0.29, 0.717) is 18.0 Å². The molecule has 3 aromatic rings. The van der Waals surface area contributed by atoms with E-state index in [1.165, 1.54) is 0 Å². The average Bonchev–Trinajstić information content (AvgIpc) is 2.94. The van der Waals surface area contributed by atoms with Gasteiger partial charge in [0.2, 0.25) is 5.65 Å². The van der Waals surface area contributed by atoms with Gasteiger partial charge < -0.3 is 10.3 Å². The molecule has 2 N–H and O–H groups in total. The summed E-state index contributed by atoms with van der Waals surface area (Å²) in [6.45, 7) is 4.51. The number of rotatable bonds is 3. The third-order valence-corrected chi connectivity index (χ3v) is 2.72. The summed E-state index contributed by atoms with van der Waals surface area (Å²) in [5.41, 5.74) is 2.67. The summed E-state index contributed by atoms with van der Waals surface area (Å²) in [5, 5.41) is 14.5. The first-order valence-electron chi connectivity index (χ1n) is 5.52. The van der Waals surface area contributed by atoms with Crippen LogP contribution in [0.2, 0.25) is 0 Å². The van der Waals surface area contributed by atoms with Crippen molar-refractivity contribution in [1.29, 1.82) is 0 Å². The summed E-state index contributed by atoms with van der Waals surface area (Å²) in [4.78, 5) is 11.8. The Balaban J connectivity index is 1.82. The van der Waals surface area contributed by atoms with Crippen LogP contribution in [0.3, 0.4) is 0 Å². The van der Waals surface area contributed by atoms with Crippen LogP contribution in [0.4, 0.5) is 5.82 Å². The predicted octanol–water partition coefficient (Wildman–Crippen LogP) is 0.471. The number of tetrazole rings is 1. The van der Waals surface area contributed by atoms with E-state index < -0.39 is 0 Å². The van der Waals surface area contributed by atoms with Crippen LogP contribution in [0.5, 0.6) is 0 Å². The van der Waals surface area contributed by atoms with Gasteiger partial charge in [-0.25, -0.2) is 9.97 Å². The van der Waals surface area contributed by atoms with Crippen LogP contribution in [0.15, 0.2) is 12.4 Å². The van der Waals surface area contributed by atoms with E-state index in [4.69, 9.17) is 0 Å². The number of aromatic amines is 1. The van der Waals surface area contributed by atoms with E-state index in [9.17, 15) is 0 Å². The maximum atomic E-state index is 4.39. The Labute approximate surface area is 102 Å². The van der Waals surface area contributed by atoms with Crippen molar-refractivity contribution in [2.75, 3.05) is 5.32 Å². The monoisotopic (exact) mass is 244 g/mol. The largest absolute Gasteiger partial charge is 0.360 e. The molecule has 0 spiro atoms. The molecule has 0 aliphatic rings. The lowest BCUT2D eigenvalue weighted by Gasteiger charge is -2.03. The third kappa shape index (κ3) is 1.77. The maximum absolute atomic E-state index is 4.39. The van der Waals surface area contributed by atoms with Gasteiger partial charge in [-0.05, 0) is 24.3 Å². The SMILES string of the molecule is Cc1nc(CNc2nccn3nnnc23)[nH]c1C. The predicted molar refractivity (Wildman–Crippen MR) is 64.0 cm³/mol. The number of hydrogen-bond acceptors (Lipinski definition) is 6. The molecule has 0 atom stereocenters. The summed E-state index contributed by atoms with van der Waals surface area (Å²) >= 11 is 0. The molecule has 8 nitrogen and oxygen atoms in total. The number of aromatic nitrogens is 7. The Hall–Kier alpha value is -2.51. The van der Waals surface area contributed by atoms with Crippen molar-refractivity contribution in [2.24, 2.45) is 0 Å². The van der Waals surface area contributed by atoms with Gasteiger partial charge in [0.25, 0.3) is 0 Å². The number of H-pyrrole nitrogens is 1. The fraction of sp³-hybridized carbons (Fsp3) is 0.300. The molecule has 0 saturated carbocycles. The first-order valence-corrected chi connectivity index (χ1v) is 5.52. The van der Waals surface area contributed by atoms with Gasteiger partial charge in [0, 0.05) is 11.9 Å². The van der Waals surface area contributed by atoms with Crippen LogP contribution in [0, 0.1) is 13.8 Å². The molecule has 0 saturated heterocycles. The van der Waals surface area contributed by atoms with Gasteiger partial charge in [0.15, 0.2) is 5.82 Å². The van der Waals surface area contributed by atoms with Gasteiger partial charge in [-0.3, -0.25) is 0 Å². The van der Waals surface area contributed by atoms with Crippen LogP contribution in [0.25, 0.3) is 5.65 Å². The second-order valence-corrected chi connectivity index (χ2v) is 3.97. The smallest absolute Gasteiger partial charge is 0.221 e. The van der Waals surface area contributed by atoms with Gasteiger partial charge in [-0.1, -0.05) is 0 Å². The Kier molecular flexibility index (Phi) is 2.40. The zero-order valence-electron chi connectivity index (χ0n) is 10.0. The highest BCUT2D eigenvalue weighted by Crippen LogP contribution is 2.10. The van der Waals surface area contributed by atoms with Gasteiger partial charge in [0.1, 0.15) is 5.82 Å². The summed E-state index contributed by atoms with van der Waals surface area (Å²) in [7, 11) is 0. The minimum atomic E-state index is 0.550. The summed E-state index contributed by atoms with van der Waals surface area (Å²) in [5.74, 6) is 1.50. The van der Waals surface area contributed by atoms with E-state index in [-0.39, 0.29) is 0 Å². The van der Waals surface area contributed by atoms with Crippen molar-refractivity contribution in [1.82, 2.24) is 35.0 Å². The Bertz CT molecular complexity index is 663. The quantitative estimate of drug-likeness (QED) is 0.695. The Morgan fingerprint density at radius 3 is 3.06 bits per heavy atom. The van der Waals surface area contributed by atoms with E-state index in [1.54, 1.807) is 16.9 Å². The number of nitrogens with one attached hydrogen (secondary N) is 2.